The second-order valence-corrected chi connectivity index (χ2v) is 8.39. The van der Waals surface area contributed by atoms with Gasteiger partial charge in [-0.3, -0.25) is 4.98 Å². The van der Waals surface area contributed by atoms with Crippen LogP contribution in [0.5, 0.6) is 0 Å². The van der Waals surface area contributed by atoms with Gasteiger partial charge in [0.1, 0.15) is 16.7 Å². The molecule has 0 aliphatic rings. The predicted molar refractivity (Wildman–Crippen MR) is 133 cm³/mol. The van der Waals surface area contributed by atoms with Gasteiger partial charge in [-0.05, 0) is 30.3 Å². The minimum absolute atomic E-state index is 0.831. The summed E-state index contributed by atoms with van der Waals surface area (Å²) >= 11 is 0. The maximum Gasteiger partial charge on any atom is 0.163 e. The highest BCUT2D eigenvalue weighted by Gasteiger charge is 2.26. The van der Waals surface area contributed by atoms with Crippen LogP contribution >= 0.6 is 0 Å². The van der Waals surface area contributed by atoms with Crippen LogP contribution in [0.15, 0.2) is 106 Å². The van der Waals surface area contributed by atoms with Gasteiger partial charge in [0.15, 0.2) is 5.58 Å². The monoisotopic (exact) mass is 424 g/mol. The zero-order chi connectivity index (χ0) is 21.5. The molecule has 4 aromatic heterocycles. The minimum atomic E-state index is 0.831. The first-order valence-electron chi connectivity index (χ1n) is 11.0. The molecule has 0 spiro atoms. The molecule has 0 saturated heterocycles. The molecule has 0 amide bonds. The predicted octanol–water partition coefficient (Wildman–Crippen LogP) is 7.98. The third-order valence-electron chi connectivity index (χ3n) is 6.66. The quantitative estimate of drug-likeness (QED) is 0.268. The van der Waals surface area contributed by atoms with Crippen LogP contribution in [0.3, 0.4) is 0 Å². The van der Waals surface area contributed by atoms with Crippen molar-refractivity contribution in [3.63, 3.8) is 0 Å². The lowest BCUT2D eigenvalue weighted by Crippen LogP contribution is -1.94. The molecule has 0 aliphatic heterocycles. The van der Waals surface area contributed by atoms with E-state index >= 15 is 0 Å². The van der Waals surface area contributed by atoms with Gasteiger partial charge in [0, 0.05) is 33.1 Å². The molecule has 8 aromatic rings. The van der Waals surface area contributed by atoms with Crippen LogP contribution < -0.4 is 0 Å². The number of benzene rings is 4. The van der Waals surface area contributed by atoms with E-state index in [-0.39, 0.29) is 0 Å². The first kappa shape index (κ1) is 17.0. The molecule has 4 nitrogen and oxygen atoms in total. The summed E-state index contributed by atoms with van der Waals surface area (Å²) in [5, 5.41) is 6.60. The lowest BCUT2D eigenvalue weighted by molar-refractivity contribution is 0.664. The number of nitrogens with zero attached hydrogens (tertiary/aromatic N) is 2. The van der Waals surface area contributed by atoms with Crippen molar-refractivity contribution in [1.82, 2.24) is 9.55 Å². The molecule has 0 saturated carbocycles. The smallest absolute Gasteiger partial charge is 0.163 e. The lowest BCUT2D eigenvalue weighted by Gasteiger charge is -2.07. The molecule has 4 aromatic carbocycles. The van der Waals surface area contributed by atoms with E-state index in [1.807, 2.05) is 42.6 Å². The number of rotatable bonds is 1. The van der Waals surface area contributed by atoms with Crippen molar-refractivity contribution in [1.29, 1.82) is 0 Å². The van der Waals surface area contributed by atoms with Gasteiger partial charge in [-0.2, -0.15) is 0 Å². The SMILES string of the molecule is c1cncc(-n2c3ccccc3c3c4c5ccccc5oc4c4c5ccccc5oc4c32)c1. The molecule has 33 heavy (non-hydrogen) atoms. The summed E-state index contributed by atoms with van der Waals surface area (Å²) in [5.41, 5.74) is 6.58. The van der Waals surface area contributed by atoms with E-state index in [0.717, 1.165) is 71.4 Å². The molecule has 0 N–H and O–H groups in total. The molecular weight excluding hydrogens is 408 g/mol. The Morgan fingerprint density at radius 1 is 0.576 bits per heavy atom. The number of furan rings is 2. The Balaban J connectivity index is 1.80. The van der Waals surface area contributed by atoms with Crippen LogP contribution in [-0.4, -0.2) is 9.55 Å². The average Bonchev–Trinajstić information content (AvgIpc) is 3.54. The summed E-state index contributed by atoms with van der Waals surface area (Å²) in [6.07, 6.45) is 3.70. The fourth-order valence-electron chi connectivity index (χ4n) is 5.37. The van der Waals surface area contributed by atoms with Gasteiger partial charge in [-0.25, -0.2) is 0 Å². The molecule has 0 radical (unpaired) electrons. The molecule has 0 aliphatic carbocycles. The third kappa shape index (κ3) is 2.08. The topological polar surface area (TPSA) is 44.1 Å². The number of pyridine rings is 1. The Kier molecular flexibility index (Phi) is 3.11. The van der Waals surface area contributed by atoms with E-state index in [1.165, 1.54) is 0 Å². The molecule has 154 valence electrons. The number of fused-ring (bicyclic) bond motifs is 12. The largest absolute Gasteiger partial charge is 0.455 e. The van der Waals surface area contributed by atoms with Crippen LogP contribution in [0.1, 0.15) is 0 Å². The average molecular weight is 424 g/mol. The van der Waals surface area contributed by atoms with Crippen LogP contribution in [0, 0.1) is 0 Å². The van der Waals surface area contributed by atoms with Crippen molar-refractivity contribution in [3.05, 3.63) is 97.3 Å². The van der Waals surface area contributed by atoms with Crippen molar-refractivity contribution in [3.8, 4) is 5.69 Å². The fourth-order valence-corrected chi connectivity index (χ4v) is 5.37. The maximum absolute atomic E-state index is 6.56. The molecular formula is C29H16N2O2. The Hall–Kier alpha value is -4.57. The van der Waals surface area contributed by atoms with Crippen LogP contribution in [-0.2, 0) is 0 Å². The molecule has 0 bridgehead atoms. The van der Waals surface area contributed by atoms with Crippen LogP contribution in [0.2, 0.25) is 0 Å². The number of aromatic nitrogens is 2. The molecule has 4 heteroatoms. The van der Waals surface area contributed by atoms with Gasteiger partial charge in [-0.1, -0.05) is 54.6 Å². The Labute approximate surface area is 187 Å². The number of para-hydroxylation sites is 3. The van der Waals surface area contributed by atoms with E-state index in [0.29, 0.717) is 0 Å². The highest BCUT2D eigenvalue weighted by molar-refractivity contribution is 6.38. The van der Waals surface area contributed by atoms with Gasteiger partial charge in [0.05, 0.1) is 28.3 Å². The third-order valence-corrected chi connectivity index (χ3v) is 6.66. The molecule has 0 unspecified atom stereocenters. The van der Waals surface area contributed by atoms with Crippen molar-refractivity contribution in [2.75, 3.05) is 0 Å². The Bertz CT molecular complexity index is 2020. The minimum Gasteiger partial charge on any atom is -0.455 e. The molecule has 0 fully saturated rings. The molecule has 4 heterocycles. The second-order valence-electron chi connectivity index (χ2n) is 8.39. The zero-order valence-corrected chi connectivity index (χ0v) is 17.4. The van der Waals surface area contributed by atoms with Crippen molar-refractivity contribution >= 4 is 65.7 Å². The Morgan fingerprint density at radius 3 is 2.00 bits per heavy atom. The number of hydrogen-bond donors (Lipinski definition) is 0. The van der Waals surface area contributed by atoms with Gasteiger partial charge in [0.25, 0.3) is 0 Å². The fraction of sp³-hybridized carbons (Fsp3) is 0. The van der Waals surface area contributed by atoms with Crippen molar-refractivity contribution < 1.29 is 8.83 Å². The molecule has 8 rings (SSSR count). The standard InChI is InChI=1S/C29H16N2O2/c1-4-12-21-18(9-1)24-25-19-10-2-5-13-22(19)32-28(25)26-20-11-3-6-14-23(20)33-29(26)27(24)31(21)17-8-7-15-30-16-17/h1-16H. The van der Waals surface area contributed by atoms with Crippen LogP contribution in [0.4, 0.5) is 0 Å². The van der Waals surface area contributed by atoms with Crippen molar-refractivity contribution in [2.45, 2.75) is 0 Å². The van der Waals surface area contributed by atoms with Gasteiger partial charge in [-0.15, -0.1) is 0 Å². The number of hydrogen-bond acceptors (Lipinski definition) is 3. The van der Waals surface area contributed by atoms with Gasteiger partial charge >= 0.3 is 0 Å². The summed E-state index contributed by atoms with van der Waals surface area (Å²) in [5.74, 6) is 0. The summed E-state index contributed by atoms with van der Waals surface area (Å²) in [7, 11) is 0. The van der Waals surface area contributed by atoms with Crippen LogP contribution in [0.25, 0.3) is 71.4 Å². The van der Waals surface area contributed by atoms with E-state index in [9.17, 15) is 0 Å². The van der Waals surface area contributed by atoms with Gasteiger partial charge < -0.3 is 13.4 Å². The lowest BCUT2D eigenvalue weighted by atomic mass is 10.0. The van der Waals surface area contributed by atoms with E-state index < -0.39 is 0 Å². The maximum atomic E-state index is 6.56. The summed E-state index contributed by atoms with van der Waals surface area (Å²) in [4.78, 5) is 4.41. The summed E-state index contributed by atoms with van der Waals surface area (Å²) in [6, 6.07) is 29.0. The normalized spacial score (nSPS) is 12.2. The highest BCUT2D eigenvalue weighted by atomic mass is 16.3. The van der Waals surface area contributed by atoms with E-state index in [1.54, 1.807) is 6.20 Å². The zero-order valence-electron chi connectivity index (χ0n) is 17.4. The highest BCUT2D eigenvalue weighted by Crippen LogP contribution is 2.48. The second kappa shape index (κ2) is 6.02. The van der Waals surface area contributed by atoms with Crippen molar-refractivity contribution in [2.24, 2.45) is 0 Å². The van der Waals surface area contributed by atoms with E-state index in [2.05, 4.69) is 58.1 Å². The molecule has 0 atom stereocenters. The van der Waals surface area contributed by atoms with E-state index in [4.69, 9.17) is 8.83 Å². The summed E-state index contributed by atoms with van der Waals surface area (Å²) < 4.78 is 15.4. The summed E-state index contributed by atoms with van der Waals surface area (Å²) in [6.45, 7) is 0. The first-order valence-corrected chi connectivity index (χ1v) is 11.0. The van der Waals surface area contributed by atoms with Gasteiger partial charge in [0.2, 0.25) is 0 Å². The Morgan fingerprint density at radius 2 is 1.24 bits per heavy atom. The first-order chi connectivity index (χ1) is 16.4.